The predicted octanol–water partition coefficient (Wildman–Crippen LogP) is 10.6. The van der Waals surface area contributed by atoms with Crippen LogP contribution >= 0.6 is 0 Å². The highest BCUT2D eigenvalue weighted by Gasteiger charge is 2.40. The van der Waals surface area contributed by atoms with Crippen LogP contribution < -0.4 is 4.74 Å². The van der Waals surface area contributed by atoms with Crippen LogP contribution in [0.15, 0.2) is 85.0 Å². The standard InChI is InChI=1S/C60H75FO15/c1-11-13-14-17-41-20-22-42(23-21-41)43-24-26-44(27-25-43)45-28-29-48(51(61)33-45)50-32-46(18-15-30-71-53(62)38(3)4)52(49(47(50)12-2)19-16-31-72-54(63)39(5)6)73-34-60(35-74-55(64)40(7)8,36-75-58(67)56(65)69-9)37-76-59(68)57(66)70-10/h24-29,32-33,41-42H,3,5,7,11-23,30-31,34-37H2,1-2,4,6,8-10H3. The zero-order valence-electron chi connectivity index (χ0n) is 45.3. The van der Waals surface area contributed by atoms with E-state index in [1.165, 1.54) is 70.9 Å². The number of methoxy groups -OCH3 is 2. The minimum Gasteiger partial charge on any atom is -0.492 e. The summed E-state index contributed by atoms with van der Waals surface area (Å²) < 4.78 is 59.9. The number of unbranched alkanes of at least 4 members (excludes halogenated alkanes) is 2. The summed E-state index contributed by atoms with van der Waals surface area (Å²) in [5.74, 6) is -6.67. The first-order valence-electron chi connectivity index (χ1n) is 26.0. The fourth-order valence-corrected chi connectivity index (χ4v) is 9.05. The van der Waals surface area contributed by atoms with Crippen LogP contribution in [0.1, 0.15) is 127 Å². The first kappa shape index (κ1) is 61.4. The Morgan fingerprint density at radius 3 is 1.58 bits per heavy atom. The maximum Gasteiger partial charge on any atom is 0.417 e. The second kappa shape index (κ2) is 30.5. The summed E-state index contributed by atoms with van der Waals surface area (Å²) in [6, 6.07) is 15.3. The number of carbonyl (C=O) groups is 7. The summed E-state index contributed by atoms with van der Waals surface area (Å²) in [6.07, 6.45) is 11.1. The van der Waals surface area contributed by atoms with Crippen LogP contribution in [0.4, 0.5) is 4.39 Å². The van der Waals surface area contributed by atoms with Gasteiger partial charge in [-0.25, -0.2) is 38.0 Å². The minimum atomic E-state index is -1.85. The number of hydrogen-bond donors (Lipinski definition) is 0. The van der Waals surface area contributed by atoms with Gasteiger partial charge >= 0.3 is 41.8 Å². The predicted molar refractivity (Wildman–Crippen MR) is 283 cm³/mol. The van der Waals surface area contributed by atoms with Gasteiger partial charge in [-0.1, -0.05) is 95.7 Å². The lowest BCUT2D eigenvalue weighted by Crippen LogP contribution is -2.45. The van der Waals surface area contributed by atoms with Crippen LogP contribution in [-0.2, 0) is 86.0 Å². The van der Waals surface area contributed by atoms with Crippen LogP contribution in [0.2, 0.25) is 0 Å². The maximum atomic E-state index is 17.0. The Bertz CT molecular complexity index is 2540. The van der Waals surface area contributed by atoms with Crippen LogP contribution in [0.5, 0.6) is 5.75 Å². The van der Waals surface area contributed by atoms with Crippen molar-refractivity contribution in [2.75, 3.05) is 53.9 Å². The lowest BCUT2D eigenvalue weighted by Gasteiger charge is -2.33. The number of hydrogen-bond acceptors (Lipinski definition) is 15. The second-order valence-corrected chi connectivity index (χ2v) is 19.6. The first-order chi connectivity index (χ1) is 36.3. The molecule has 0 saturated heterocycles. The summed E-state index contributed by atoms with van der Waals surface area (Å²) in [5, 5.41) is 0. The highest BCUT2D eigenvalue weighted by Crippen LogP contribution is 2.42. The summed E-state index contributed by atoms with van der Waals surface area (Å²) in [5.41, 5.74) is 3.90. The smallest absolute Gasteiger partial charge is 0.417 e. The zero-order chi connectivity index (χ0) is 56.0. The lowest BCUT2D eigenvalue weighted by atomic mass is 9.77. The lowest BCUT2D eigenvalue weighted by molar-refractivity contribution is -0.177. The molecule has 0 spiro atoms. The molecule has 412 valence electrons. The fraction of sp³-hybridized carbons (Fsp3) is 0.483. The zero-order valence-corrected chi connectivity index (χ0v) is 45.3. The number of halogens is 1. The number of carbonyl (C=O) groups excluding carboxylic acids is 7. The van der Waals surface area contributed by atoms with E-state index in [0.717, 1.165) is 38.5 Å². The third kappa shape index (κ3) is 18.0. The van der Waals surface area contributed by atoms with E-state index in [1.807, 2.05) is 25.1 Å². The van der Waals surface area contributed by atoms with E-state index in [9.17, 15) is 33.6 Å². The monoisotopic (exact) mass is 1050 g/mol. The molecule has 0 heterocycles. The maximum absolute atomic E-state index is 17.0. The molecular weight excluding hydrogens is 980 g/mol. The molecule has 1 aliphatic rings. The van der Waals surface area contributed by atoms with Gasteiger partial charge in [0.1, 0.15) is 43.4 Å². The molecular formula is C60H75FO15. The van der Waals surface area contributed by atoms with Crippen molar-refractivity contribution in [3.05, 3.63) is 113 Å². The van der Waals surface area contributed by atoms with Crippen molar-refractivity contribution < 1.29 is 75.8 Å². The SMILES string of the molecule is C=C(C)C(=O)OCCCc1cc(-c2ccc(-c3ccc(C4CCC(CCCCC)CC4)cc3)cc2F)c(CC)c(CCCOC(=O)C(=C)C)c1OCC(COC(=O)C(=C)C)(COC(=O)C(=O)OC)COC(=O)C(=O)OC. The number of esters is 7. The number of ether oxygens (including phenoxy) is 8. The molecule has 0 amide bonds. The van der Waals surface area contributed by atoms with Gasteiger partial charge in [0.25, 0.3) is 0 Å². The Hall–Kier alpha value is -7.10. The van der Waals surface area contributed by atoms with Crippen LogP contribution in [0.25, 0.3) is 22.3 Å². The molecule has 0 N–H and O–H groups in total. The molecule has 1 saturated carbocycles. The first-order valence-corrected chi connectivity index (χ1v) is 26.0. The Morgan fingerprint density at radius 1 is 0.566 bits per heavy atom. The molecule has 0 aliphatic heterocycles. The van der Waals surface area contributed by atoms with Crippen LogP contribution in [-0.4, -0.2) is 95.6 Å². The average Bonchev–Trinajstić information content (AvgIpc) is 3.42. The van der Waals surface area contributed by atoms with Crippen molar-refractivity contribution in [3.63, 3.8) is 0 Å². The summed E-state index contributed by atoms with van der Waals surface area (Å²) >= 11 is 0. The molecule has 0 unspecified atom stereocenters. The van der Waals surface area contributed by atoms with E-state index < -0.39 is 79.4 Å². The van der Waals surface area contributed by atoms with Crippen LogP contribution in [0.3, 0.4) is 0 Å². The van der Waals surface area contributed by atoms with Crippen molar-refractivity contribution >= 4 is 41.8 Å². The normalized spacial score (nSPS) is 14.1. The van der Waals surface area contributed by atoms with Crippen molar-refractivity contribution in [1.29, 1.82) is 0 Å². The molecule has 3 aromatic carbocycles. The summed E-state index contributed by atoms with van der Waals surface area (Å²) in [6.45, 7) is 16.5. The Balaban J connectivity index is 1.86. The van der Waals surface area contributed by atoms with Gasteiger partial charge in [0.2, 0.25) is 0 Å². The third-order valence-corrected chi connectivity index (χ3v) is 13.4. The molecule has 0 radical (unpaired) electrons. The Morgan fingerprint density at radius 2 is 1.08 bits per heavy atom. The molecule has 76 heavy (non-hydrogen) atoms. The summed E-state index contributed by atoms with van der Waals surface area (Å²) in [4.78, 5) is 87.8. The van der Waals surface area contributed by atoms with E-state index in [0.29, 0.717) is 40.2 Å². The highest BCUT2D eigenvalue weighted by molar-refractivity contribution is 6.30. The van der Waals surface area contributed by atoms with E-state index in [-0.39, 0.29) is 66.9 Å². The van der Waals surface area contributed by atoms with Gasteiger partial charge in [-0.05, 0) is 141 Å². The Kier molecular flexibility index (Phi) is 24.6. The third-order valence-electron chi connectivity index (χ3n) is 13.4. The van der Waals surface area contributed by atoms with Gasteiger partial charge in [-0.2, -0.15) is 0 Å². The van der Waals surface area contributed by atoms with Gasteiger partial charge in [0, 0.05) is 22.3 Å². The molecule has 0 aromatic heterocycles. The molecule has 1 fully saturated rings. The van der Waals surface area contributed by atoms with Crippen molar-refractivity contribution in [2.45, 2.75) is 124 Å². The van der Waals surface area contributed by atoms with Gasteiger partial charge in [-0.15, -0.1) is 0 Å². The molecule has 0 bridgehead atoms. The number of benzene rings is 3. The topological polar surface area (TPSA) is 193 Å². The highest BCUT2D eigenvalue weighted by atomic mass is 19.1. The van der Waals surface area contributed by atoms with E-state index in [2.05, 4.69) is 48.3 Å². The van der Waals surface area contributed by atoms with Crippen LogP contribution in [0, 0.1) is 17.2 Å². The molecule has 3 aromatic rings. The van der Waals surface area contributed by atoms with Crippen molar-refractivity contribution in [3.8, 4) is 28.0 Å². The molecule has 0 atom stereocenters. The molecule has 16 heteroatoms. The second-order valence-electron chi connectivity index (χ2n) is 19.6. The molecule has 1 aliphatic carbocycles. The number of rotatable bonds is 28. The van der Waals surface area contributed by atoms with Crippen molar-refractivity contribution in [1.82, 2.24) is 0 Å². The molecule has 15 nitrogen and oxygen atoms in total. The van der Waals surface area contributed by atoms with E-state index in [4.69, 9.17) is 28.4 Å². The van der Waals surface area contributed by atoms with Crippen molar-refractivity contribution in [2.24, 2.45) is 11.3 Å². The number of aryl methyl sites for hydroxylation is 1. The quantitative estimate of drug-likeness (QED) is 0.0219. The summed E-state index contributed by atoms with van der Waals surface area (Å²) in [7, 11) is 1.92. The largest absolute Gasteiger partial charge is 0.492 e. The fourth-order valence-electron chi connectivity index (χ4n) is 9.05. The van der Waals surface area contributed by atoms with Gasteiger partial charge in [0.05, 0.1) is 27.4 Å². The Labute approximate surface area is 446 Å². The average molecular weight is 1060 g/mol. The van der Waals surface area contributed by atoms with Gasteiger partial charge in [0.15, 0.2) is 0 Å². The van der Waals surface area contributed by atoms with Gasteiger partial charge < -0.3 is 37.9 Å². The minimum absolute atomic E-state index is 0.0146. The van der Waals surface area contributed by atoms with E-state index >= 15 is 4.39 Å². The van der Waals surface area contributed by atoms with E-state index in [1.54, 1.807) is 12.1 Å². The van der Waals surface area contributed by atoms with Gasteiger partial charge in [-0.3, -0.25) is 0 Å². The molecule has 4 rings (SSSR count).